The van der Waals surface area contributed by atoms with Crippen molar-refractivity contribution in [3.8, 4) is 0 Å². The highest BCUT2D eigenvalue weighted by Gasteiger charge is 2.64. The number of aromatic nitrogens is 1. The Balaban J connectivity index is 0.000000404. The molecule has 0 bridgehead atoms. The van der Waals surface area contributed by atoms with E-state index in [0.29, 0.717) is 5.41 Å². The van der Waals surface area contributed by atoms with E-state index in [1.165, 1.54) is 17.7 Å². The molecule has 0 radical (unpaired) electrons. The van der Waals surface area contributed by atoms with Crippen LogP contribution in [0.3, 0.4) is 0 Å². The molecule has 1 heterocycles. The lowest BCUT2D eigenvalue weighted by Gasteiger charge is -2.13. The normalized spacial score (nSPS) is 35.0. The fourth-order valence-electron chi connectivity index (χ4n) is 3.35. The van der Waals surface area contributed by atoms with E-state index >= 15 is 0 Å². The Hall–Kier alpha value is -0.850. The maximum Gasteiger partial charge on any atom is 0.0447 e. The molecule has 2 aliphatic carbocycles. The van der Waals surface area contributed by atoms with Gasteiger partial charge in [-0.2, -0.15) is 0 Å². The van der Waals surface area contributed by atoms with E-state index in [1.54, 1.807) is 5.56 Å². The van der Waals surface area contributed by atoms with E-state index in [4.69, 9.17) is 0 Å². The molecule has 1 aromatic heterocycles. The summed E-state index contributed by atoms with van der Waals surface area (Å²) in [6.45, 7) is 11.0. The Labute approximate surface area is 92.9 Å². The van der Waals surface area contributed by atoms with Crippen LogP contribution in [0.15, 0.2) is 12.3 Å². The second-order valence-electron chi connectivity index (χ2n) is 4.83. The molecule has 3 unspecified atom stereocenters. The molecule has 0 aliphatic heterocycles. The molecule has 1 aromatic rings. The number of hydrogen-bond donors (Lipinski definition) is 0. The molecule has 2 aliphatic rings. The van der Waals surface area contributed by atoms with Crippen molar-refractivity contribution in [3.63, 3.8) is 0 Å². The minimum absolute atomic E-state index is 0.480. The van der Waals surface area contributed by atoms with Crippen LogP contribution in [0.5, 0.6) is 0 Å². The van der Waals surface area contributed by atoms with E-state index in [9.17, 15) is 0 Å². The largest absolute Gasteiger partial charge is 0.261 e. The third kappa shape index (κ3) is 1.18. The Morgan fingerprint density at radius 1 is 1.40 bits per heavy atom. The van der Waals surface area contributed by atoms with Gasteiger partial charge in [0.1, 0.15) is 0 Å². The van der Waals surface area contributed by atoms with E-state index in [0.717, 1.165) is 11.8 Å². The Morgan fingerprint density at radius 2 is 2.07 bits per heavy atom. The molecule has 0 spiro atoms. The van der Waals surface area contributed by atoms with Crippen molar-refractivity contribution in [2.24, 2.45) is 11.8 Å². The minimum Gasteiger partial charge on any atom is -0.261 e. The van der Waals surface area contributed by atoms with Crippen molar-refractivity contribution in [1.29, 1.82) is 0 Å². The van der Waals surface area contributed by atoms with Crippen molar-refractivity contribution in [2.75, 3.05) is 0 Å². The first-order valence-corrected chi connectivity index (χ1v) is 6.10. The van der Waals surface area contributed by atoms with Crippen LogP contribution in [-0.4, -0.2) is 4.98 Å². The molecule has 1 fully saturated rings. The first-order chi connectivity index (χ1) is 7.15. The second kappa shape index (κ2) is 3.33. The number of fused-ring (bicyclic) bond motifs is 3. The molecular formula is C14H21N. The number of hydrogen-bond acceptors (Lipinski definition) is 1. The average Bonchev–Trinajstić information content (AvgIpc) is 2.61. The lowest BCUT2D eigenvalue weighted by molar-refractivity contribution is 0.694. The number of nitrogens with zero attached hydrogens (tertiary/aromatic N) is 1. The summed E-state index contributed by atoms with van der Waals surface area (Å²) in [4.78, 5) is 4.48. The molecule has 0 aromatic carbocycles. The SMILES string of the molecule is CC.Cc1ccnc2c1C1(C)C(C)C1C2. The molecular weight excluding hydrogens is 182 g/mol. The van der Waals surface area contributed by atoms with Gasteiger partial charge >= 0.3 is 0 Å². The zero-order valence-electron chi connectivity index (χ0n) is 10.5. The third-order valence-electron chi connectivity index (χ3n) is 4.40. The molecule has 0 amide bonds. The summed E-state index contributed by atoms with van der Waals surface area (Å²) in [6, 6.07) is 2.15. The lowest BCUT2D eigenvalue weighted by Crippen LogP contribution is -2.07. The van der Waals surface area contributed by atoms with Gasteiger partial charge < -0.3 is 0 Å². The number of aryl methyl sites for hydroxylation is 1. The smallest absolute Gasteiger partial charge is 0.0447 e. The maximum atomic E-state index is 4.48. The van der Waals surface area contributed by atoms with Crippen molar-refractivity contribution in [3.05, 3.63) is 29.1 Å². The van der Waals surface area contributed by atoms with Gasteiger partial charge in [0, 0.05) is 17.3 Å². The van der Waals surface area contributed by atoms with Crippen LogP contribution in [0.25, 0.3) is 0 Å². The molecule has 15 heavy (non-hydrogen) atoms. The summed E-state index contributed by atoms with van der Waals surface area (Å²) in [6.07, 6.45) is 3.17. The molecule has 82 valence electrons. The van der Waals surface area contributed by atoms with Crippen LogP contribution in [0.1, 0.15) is 44.5 Å². The van der Waals surface area contributed by atoms with Crippen LogP contribution in [0, 0.1) is 18.8 Å². The highest BCUT2D eigenvalue weighted by Crippen LogP contribution is 2.66. The van der Waals surface area contributed by atoms with Gasteiger partial charge in [0.25, 0.3) is 0 Å². The van der Waals surface area contributed by atoms with Crippen LogP contribution >= 0.6 is 0 Å². The summed E-state index contributed by atoms with van der Waals surface area (Å²) in [5.41, 5.74) is 4.85. The van der Waals surface area contributed by atoms with Gasteiger partial charge in [0.05, 0.1) is 0 Å². The van der Waals surface area contributed by atoms with Crippen molar-refractivity contribution >= 4 is 0 Å². The first-order valence-electron chi connectivity index (χ1n) is 6.10. The zero-order chi connectivity index (χ0) is 11.2. The van der Waals surface area contributed by atoms with Gasteiger partial charge in [0.15, 0.2) is 0 Å². The predicted octanol–water partition coefficient (Wildman–Crippen LogP) is 3.50. The summed E-state index contributed by atoms with van der Waals surface area (Å²) >= 11 is 0. The summed E-state index contributed by atoms with van der Waals surface area (Å²) in [7, 11) is 0. The number of pyridine rings is 1. The zero-order valence-corrected chi connectivity index (χ0v) is 10.5. The highest BCUT2D eigenvalue weighted by molar-refractivity contribution is 5.48. The Bertz CT molecular complexity index is 383. The molecule has 1 nitrogen and oxygen atoms in total. The fraction of sp³-hybridized carbons (Fsp3) is 0.643. The standard InChI is InChI=1S/C12H15N.C2H6/c1-7-4-5-13-10-6-9-8(2)12(9,3)11(7)10;1-2/h4-5,8-9H,6H2,1-3H3;1-2H3. The second-order valence-corrected chi connectivity index (χ2v) is 4.83. The van der Waals surface area contributed by atoms with Crippen LogP contribution in [-0.2, 0) is 11.8 Å². The molecule has 3 rings (SSSR count). The monoisotopic (exact) mass is 203 g/mol. The van der Waals surface area contributed by atoms with Crippen molar-refractivity contribution < 1.29 is 0 Å². The van der Waals surface area contributed by atoms with Gasteiger partial charge in [-0.3, -0.25) is 4.98 Å². The maximum absolute atomic E-state index is 4.48. The molecule has 1 heteroatoms. The van der Waals surface area contributed by atoms with E-state index < -0.39 is 0 Å². The fourth-order valence-corrected chi connectivity index (χ4v) is 3.35. The minimum atomic E-state index is 0.480. The van der Waals surface area contributed by atoms with E-state index in [-0.39, 0.29) is 0 Å². The number of rotatable bonds is 0. The van der Waals surface area contributed by atoms with Crippen molar-refractivity contribution in [1.82, 2.24) is 4.98 Å². The topological polar surface area (TPSA) is 12.9 Å². The van der Waals surface area contributed by atoms with Gasteiger partial charge in [-0.05, 0) is 42.4 Å². The average molecular weight is 203 g/mol. The van der Waals surface area contributed by atoms with Crippen LogP contribution < -0.4 is 0 Å². The van der Waals surface area contributed by atoms with Gasteiger partial charge in [-0.25, -0.2) is 0 Å². The van der Waals surface area contributed by atoms with Crippen LogP contribution in [0.2, 0.25) is 0 Å². The van der Waals surface area contributed by atoms with Gasteiger partial charge in [-0.1, -0.05) is 27.7 Å². The predicted molar refractivity (Wildman–Crippen MR) is 64.0 cm³/mol. The Morgan fingerprint density at radius 3 is 2.73 bits per heavy atom. The molecule has 3 atom stereocenters. The summed E-state index contributed by atoms with van der Waals surface area (Å²) in [5, 5.41) is 0. The molecule has 0 N–H and O–H groups in total. The summed E-state index contributed by atoms with van der Waals surface area (Å²) < 4.78 is 0. The van der Waals surface area contributed by atoms with E-state index in [2.05, 4.69) is 31.8 Å². The van der Waals surface area contributed by atoms with Gasteiger partial charge in [0.2, 0.25) is 0 Å². The molecule has 1 saturated carbocycles. The van der Waals surface area contributed by atoms with Gasteiger partial charge in [-0.15, -0.1) is 0 Å². The van der Waals surface area contributed by atoms with E-state index in [1.807, 2.05) is 20.0 Å². The van der Waals surface area contributed by atoms with Crippen molar-refractivity contribution in [2.45, 2.75) is 46.5 Å². The molecule has 0 saturated heterocycles. The quantitative estimate of drug-likeness (QED) is 0.629. The third-order valence-corrected chi connectivity index (χ3v) is 4.40. The first kappa shape index (κ1) is 10.7. The Kier molecular flexibility index (Phi) is 2.37. The lowest BCUT2D eigenvalue weighted by atomic mass is 9.93. The highest BCUT2D eigenvalue weighted by atomic mass is 14.8. The summed E-state index contributed by atoms with van der Waals surface area (Å²) in [5.74, 6) is 1.76. The van der Waals surface area contributed by atoms with Crippen LogP contribution in [0.4, 0.5) is 0 Å².